The number of anilines is 1. The maximum Gasteiger partial charge on any atom is 0.221 e. The number of carbonyl (C=O) groups is 1. The van der Waals surface area contributed by atoms with Crippen LogP contribution >= 0.6 is 11.5 Å². The summed E-state index contributed by atoms with van der Waals surface area (Å²) < 4.78 is 4.54. The summed E-state index contributed by atoms with van der Waals surface area (Å²) in [6, 6.07) is 8.96. The van der Waals surface area contributed by atoms with Gasteiger partial charge in [-0.2, -0.15) is 4.37 Å². The van der Waals surface area contributed by atoms with Gasteiger partial charge in [0.05, 0.1) is 0 Å². The second-order valence-electron chi connectivity index (χ2n) is 7.08. The van der Waals surface area contributed by atoms with Gasteiger partial charge < -0.3 is 10.2 Å². The molecule has 1 amide bonds. The number of aromatic nitrogens is 2. The molecule has 1 heterocycles. The molecule has 0 unspecified atom stereocenters. The Morgan fingerprint density at radius 2 is 1.92 bits per heavy atom. The summed E-state index contributed by atoms with van der Waals surface area (Å²) in [7, 11) is 0. The second-order valence-corrected chi connectivity index (χ2v) is 7.81. The molecule has 0 fully saturated rings. The lowest BCUT2D eigenvalue weighted by Crippen LogP contribution is -2.38. The van der Waals surface area contributed by atoms with Crippen LogP contribution in [0, 0.1) is 6.92 Å². The Morgan fingerprint density at radius 1 is 1.23 bits per heavy atom. The van der Waals surface area contributed by atoms with E-state index >= 15 is 0 Å². The van der Waals surface area contributed by atoms with E-state index in [1.807, 2.05) is 13.8 Å². The van der Waals surface area contributed by atoms with Crippen LogP contribution in [0.15, 0.2) is 24.3 Å². The molecule has 26 heavy (non-hydrogen) atoms. The Morgan fingerprint density at radius 3 is 2.54 bits per heavy atom. The summed E-state index contributed by atoms with van der Waals surface area (Å²) in [5, 5.41) is 3.85. The normalized spacial score (nSPS) is 12.2. The molecule has 1 atom stereocenters. The van der Waals surface area contributed by atoms with Crippen molar-refractivity contribution in [3.05, 3.63) is 41.2 Å². The van der Waals surface area contributed by atoms with Crippen LogP contribution in [0.25, 0.3) is 0 Å². The van der Waals surface area contributed by atoms with E-state index in [-0.39, 0.29) is 11.9 Å². The molecule has 1 aromatic carbocycles. The van der Waals surface area contributed by atoms with Gasteiger partial charge >= 0.3 is 0 Å². The topological polar surface area (TPSA) is 58.1 Å². The minimum atomic E-state index is 0.0812. The van der Waals surface area contributed by atoms with Crippen LogP contribution in [0.1, 0.15) is 57.5 Å². The molecule has 0 aliphatic heterocycles. The van der Waals surface area contributed by atoms with E-state index in [0.717, 1.165) is 23.8 Å². The van der Waals surface area contributed by atoms with Crippen LogP contribution in [0.5, 0.6) is 0 Å². The van der Waals surface area contributed by atoms with E-state index in [9.17, 15) is 4.79 Å². The lowest BCUT2D eigenvalue weighted by molar-refractivity contribution is -0.121. The summed E-state index contributed by atoms with van der Waals surface area (Å²) in [6.07, 6.45) is 2.20. The van der Waals surface area contributed by atoms with Gasteiger partial charge in [-0.05, 0) is 39.7 Å². The third-order valence-electron chi connectivity index (χ3n) is 4.34. The zero-order chi connectivity index (χ0) is 19.1. The van der Waals surface area contributed by atoms with Crippen molar-refractivity contribution in [1.82, 2.24) is 14.7 Å². The van der Waals surface area contributed by atoms with Gasteiger partial charge in [0.25, 0.3) is 0 Å². The van der Waals surface area contributed by atoms with Gasteiger partial charge in [-0.1, -0.05) is 36.8 Å². The number of rotatable bonds is 9. The Kier molecular flexibility index (Phi) is 7.57. The molecule has 2 aromatic rings. The van der Waals surface area contributed by atoms with Crippen molar-refractivity contribution in [3.63, 3.8) is 0 Å². The first kappa shape index (κ1) is 20.4. The second kappa shape index (κ2) is 9.67. The van der Waals surface area contributed by atoms with Gasteiger partial charge in [-0.3, -0.25) is 4.79 Å². The van der Waals surface area contributed by atoms with Crippen molar-refractivity contribution in [2.45, 2.75) is 66.0 Å². The van der Waals surface area contributed by atoms with E-state index in [2.05, 4.69) is 59.6 Å². The highest BCUT2D eigenvalue weighted by Gasteiger charge is 2.19. The SMILES string of the molecule is CC[C@@H](C)N(CCC(=O)NC(C)C)c1nc(Cc2ccc(C)cc2)ns1. The maximum atomic E-state index is 12.0. The Hall–Kier alpha value is -1.95. The quantitative estimate of drug-likeness (QED) is 0.722. The predicted octanol–water partition coefficient (Wildman–Crippen LogP) is 3.96. The van der Waals surface area contributed by atoms with Gasteiger partial charge in [0, 0.05) is 43.0 Å². The molecule has 142 valence electrons. The summed E-state index contributed by atoms with van der Waals surface area (Å²) in [5.41, 5.74) is 2.47. The smallest absolute Gasteiger partial charge is 0.221 e. The van der Waals surface area contributed by atoms with E-state index in [1.54, 1.807) is 0 Å². The van der Waals surface area contributed by atoms with Gasteiger partial charge in [0.2, 0.25) is 11.0 Å². The first-order valence-corrected chi connectivity index (χ1v) is 10.1. The van der Waals surface area contributed by atoms with Crippen molar-refractivity contribution in [2.75, 3.05) is 11.4 Å². The molecular weight excluding hydrogens is 344 g/mol. The molecule has 2 rings (SSSR count). The first-order chi connectivity index (χ1) is 12.4. The molecule has 6 heteroatoms. The molecule has 0 spiro atoms. The van der Waals surface area contributed by atoms with Gasteiger partial charge in [0.15, 0.2) is 0 Å². The number of hydrogen-bond acceptors (Lipinski definition) is 5. The standard InChI is InChI=1S/C20H30N4OS/c1-6-16(5)24(12-11-19(25)21-14(2)3)20-22-18(23-26-20)13-17-9-7-15(4)8-10-17/h7-10,14,16H,6,11-13H2,1-5H3,(H,21,25)/t16-/m1/s1. The van der Waals surface area contributed by atoms with Crippen LogP contribution in [0.4, 0.5) is 5.13 Å². The number of aryl methyl sites for hydroxylation is 1. The lowest BCUT2D eigenvalue weighted by atomic mass is 10.1. The van der Waals surface area contributed by atoms with Gasteiger partial charge in [-0.25, -0.2) is 4.98 Å². The number of benzene rings is 1. The summed E-state index contributed by atoms with van der Waals surface area (Å²) in [6.45, 7) is 11.0. The van der Waals surface area contributed by atoms with Crippen LogP contribution < -0.4 is 10.2 Å². The van der Waals surface area contributed by atoms with E-state index < -0.39 is 0 Å². The van der Waals surface area contributed by atoms with E-state index in [1.165, 1.54) is 22.7 Å². The van der Waals surface area contributed by atoms with Crippen LogP contribution in [-0.4, -0.2) is 33.9 Å². The molecule has 1 N–H and O–H groups in total. The molecule has 0 saturated carbocycles. The highest BCUT2D eigenvalue weighted by molar-refractivity contribution is 7.09. The number of nitrogens with zero attached hydrogens (tertiary/aromatic N) is 3. The molecule has 5 nitrogen and oxygen atoms in total. The van der Waals surface area contributed by atoms with Crippen LogP contribution in [0.3, 0.4) is 0 Å². The summed E-state index contributed by atoms with van der Waals surface area (Å²) >= 11 is 1.42. The Labute approximate surface area is 161 Å². The molecular formula is C20H30N4OS. The fourth-order valence-corrected chi connectivity index (χ4v) is 3.48. The summed E-state index contributed by atoms with van der Waals surface area (Å²) in [4.78, 5) is 18.9. The fourth-order valence-electron chi connectivity index (χ4n) is 2.66. The molecule has 0 aliphatic carbocycles. The maximum absolute atomic E-state index is 12.0. The van der Waals surface area contributed by atoms with Crippen molar-refractivity contribution in [2.24, 2.45) is 0 Å². The van der Waals surface area contributed by atoms with E-state index in [4.69, 9.17) is 4.98 Å². The van der Waals surface area contributed by atoms with Crippen molar-refractivity contribution in [1.29, 1.82) is 0 Å². The molecule has 0 bridgehead atoms. The van der Waals surface area contributed by atoms with Crippen molar-refractivity contribution >= 4 is 22.6 Å². The third-order valence-corrected chi connectivity index (χ3v) is 5.13. The monoisotopic (exact) mass is 374 g/mol. The predicted molar refractivity (Wildman–Crippen MR) is 109 cm³/mol. The third kappa shape index (κ3) is 6.09. The largest absolute Gasteiger partial charge is 0.354 e. The Bertz CT molecular complexity index is 696. The highest BCUT2D eigenvalue weighted by Crippen LogP contribution is 2.22. The van der Waals surface area contributed by atoms with Crippen LogP contribution in [-0.2, 0) is 11.2 Å². The summed E-state index contributed by atoms with van der Waals surface area (Å²) in [5.74, 6) is 0.923. The molecule has 0 saturated heterocycles. The number of hydrogen-bond donors (Lipinski definition) is 1. The van der Waals surface area contributed by atoms with Crippen molar-refractivity contribution < 1.29 is 4.79 Å². The lowest BCUT2D eigenvalue weighted by Gasteiger charge is -2.27. The number of amides is 1. The number of nitrogens with one attached hydrogen (secondary N) is 1. The first-order valence-electron chi connectivity index (χ1n) is 9.33. The van der Waals surface area contributed by atoms with Crippen molar-refractivity contribution in [3.8, 4) is 0 Å². The van der Waals surface area contributed by atoms with Crippen LogP contribution in [0.2, 0.25) is 0 Å². The average molecular weight is 375 g/mol. The minimum Gasteiger partial charge on any atom is -0.354 e. The minimum absolute atomic E-state index is 0.0812. The van der Waals surface area contributed by atoms with E-state index in [0.29, 0.717) is 19.0 Å². The molecule has 0 aliphatic rings. The zero-order valence-corrected chi connectivity index (χ0v) is 17.3. The molecule has 0 radical (unpaired) electrons. The highest BCUT2D eigenvalue weighted by atomic mass is 32.1. The fraction of sp³-hybridized carbons (Fsp3) is 0.550. The zero-order valence-electron chi connectivity index (χ0n) is 16.5. The Balaban J connectivity index is 2.04. The average Bonchev–Trinajstić information content (AvgIpc) is 3.04. The van der Waals surface area contributed by atoms with Gasteiger partial charge in [-0.15, -0.1) is 0 Å². The van der Waals surface area contributed by atoms with Gasteiger partial charge in [0.1, 0.15) is 5.82 Å². The molecule has 1 aromatic heterocycles. The number of carbonyl (C=O) groups excluding carboxylic acids is 1.